The molecule has 2 aromatic heterocycles. The molecular weight excluding hydrogens is 390 g/mol. The fraction of sp³-hybridized carbons (Fsp3) is 0.200. The maximum atomic E-state index is 12.9. The average molecular weight is 415 g/mol. The second kappa shape index (κ2) is 8.92. The van der Waals surface area contributed by atoms with Gasteiger partial charge < -0.3 is 19.1 Å². The van der Waals surface area contributed by atoms with Crippen molar-refractivity contribution in [3.8, 4) is 11.4 Å². The van der Waals surface area contributed by atoms with Gasteiger partial charge in [-0.2, -0.15) is 0 Å². The lowest BCUT2D eigenvalue weighted by atomic mass is 10.1. The highest BCUT2D eigenvalue weighted by atomic mass is 16.5. The predicted octanol–water partition coefficient (Wildman–Crippen LogP) is 5.15. The minimum atomic E-state index is -0.293. The molecule has 0 aliphatic carbocycles. The van der Waals surface area contributed by atoms with Gasteiger partial charge in [-0.15, -0.1) is 0 Å². The number of carbonyl (C=O) groups excluding carboxylic acids is 1. The molecule has 1 N–H and O–H groups in total. The minimum absolute atomic E-state index is 0.203. The Morgan fingerprint density at radius 2 is 1.84 bits per heavy atom. The quantitative estimate of drug-likeness (QED) is 0.453. The number of rotatable bonds is 7. The van der Waals surface area contributed by atoms with E-state index in [4.69, 9.17) is 9.26 Å². The summed E-state index contributed by atoms with van der Waals surface area (Å²) < 4.78 is 13.2. The maximum Gasteiger partial charge on any atom is 0.274 e. The van der Waals surface area contributed by atoms with Gasteiger partial charge in [0.1, 0.15) is 18.1 Å². The highest BCUT2D eigenvalue weighted by molar-refractivity contribution is 5.94. The summed E-state index contributed by atoms with van der Waals surface area (Å²) in [5.74, 6) is 1.01. The third-order valence-electron chi connectivity index (χ3n) is 5.22. The van der Waals surface area contributed by atoms with Crippen LogP contribution in [-0.2, 0) is 6.61 Å². The molecule has 0 spiro atoms. The number of hydrogen-bond acceptors (Lipinski definition) is 4. The van der Waals surface area contributed by atoms with E-state index in [1.165, 1.54) is 0 Å². The highest BCUT2D eigenvalue weighted by Crippen LogP contribution is 2.21. The van der Waals surface area contributed by atoms with Crippen LogP contribution in [0.1, 0.15) is 45.9 Å². The first-order valence-electron chi connectivity index (χ1n) is 10.2. The monoisotopic (exact) mass is 415 g/mol. The molecule has 0 saturated carbocycles. The second-order valence-corrected chi connectivity index (χ2v) is 7.55. The first-order chi connectivity index (χ1) is 15.0. The molecular formula is C25H25N3O3. The Labute approximate surface area is 181 Å². The lowest BCUT2D eigenvalue weighted by Gasteiger charge is -2.15. The number of benzene rings is 2. The Morgan fingerprint density at radius 3 is 2.58 bits per heavy atom. The SMILES string of the molecule is Cc1ccc(OCc2c(C(=O)NC(C)c3cccc(-n4cccc4)c3)noc2C)cc1. The van der Waals surface area contributed by atoms with Gasteiger partial charge in [-0.1, -0.05) is 35.0 Å². The van der Waals surface area contributed by atoms with E-state index in [-0.39, 0.29) is 24.2 Å². The molecule has 0 radical (unpaired) electrons. The van der Waals surface area contributed by atoms with Crippen LogP contribution in [-0.4, -0.2) is 15.6 Å². The van der Waals surface area contributed by atoms with Gasteiger partial charge in [-0.25, -0.2) is 0 Å². The van der Waals surface area contributed by atoms with E-state index >= 15 is 0 Å². The molecule has 4 aromatic rings. The molecule has 158 valence electrons. The molecule has 1 atom stereocenters. The third kappa shape index (κ3) is 4.69. The summed E-state index contributed by atoms with van der Waals surface area (Å²) in [6.07, 6.45) is 3.97. The number of aromatic nitrogens is 2. The highest BCUT2D eigenvalue weighted by Gasteiger charge is 2.22. The summed E-state index contributed by atoms with van der Waals surface area (Å²) in [5, 5.41) is 6.99. The lowest BCUT2D eigenvalue weighted by molar-refractivity contribution is 0.0928. The molecule has 0 fully saturated rings. The zero-order chi connectivity index (χ0) is 21.8. The van der Waals surface area contributed by atoms with E-state index in [2.05, 4.69) is 16.5 Å². The molecule has 4 rings (SSSR count). The number of aryl methyl sites for hydroxylation is 2. The number of nitrogens with zero attached hydrogens (tertiary/aromatic N) is 2. The van der Waals surface area contributed by atoms with Gasteiger partial charge in [0.25, 0.3) is 5.91 Å². The summed E-state index contributed by atoms with van der Waals surface area (Å²) in [4.78, 5) is 12.9. The number of hydrogen-bond donors (Lipinski definition) is 1. The Bertz CT molecular complexity index is 1160. The van der Waals surface area contributed by atoms with Crippen LogP contribution in [0.2, 0.25) is 0 Å². The lowest BCUT2D eigenvalue weighted by Crippen LogP contribution is -2.28. The number of amides is 1. The zero-order valence-corrected chi connectivity index (χ0v) is 17.8. The molecule has 2 aromatic carbocycles. The van der Waals surface area contributed by atoms with Crippen molar-refractivity contribution >= 4 is 5.91 Å². The van der Waals surface area contributed by atoms with Crippen molar-refractivity contribution in [2.45, 2.75) is 33.4 Å². The normalized spacial score (nSPS) is 11.8. The van der Waals surface area contributed by atoms with E-state index in [1.807, 2.05) is 85.4 Å². The average Bonchev–Trinajstić information content (AvgIpc) is 3.44. The molecule has 0 aliphatic heterocycles. The molecule has 0 bridgehead atoms. The van der Waals surface area contributed by atoms with E-state index in [0.717, 1.165) is 22.6 Å². The van der Waals surface area contributed by atoms with Gasteiger partial charge >= 0.3 is 0 Å². The van der Waals surface area contributed by atoms with E-state index < -0.39 is 0 Å². The van der Waals surface area contributed by atoms with Gasteiger partial charge in [0.05, 0.1) is 11.6 Å². The molecule has 6 heteroatoms. The Hall–Kier alpha value is -3.80. The number of ether oxygens (including phenoxy) is 1. The second-order valence-electron chi connectivity index (χ2n) is 7.55. The van der Waals surface area contributed by atoms with Gasteiger partial charge in [-0.05, 0) is 62.7 Å². The van der Waals surface area contributed by atoms with Crippen molar-refractivity contribution in [2.24, 2.45) is 0 Å². The fourth-order valence-corrected chi connectivity index (χ4v) is 3.34. The Kier molecular flexibility index (Phi) is 5.89. The predicted molar refractivity (Wildman–Crippen MR) is 118 cm³/mol. The molecule has 1 amide bonds. The van der Waals surface area contributed by atoms with Crippen LogP contribution in [0, 0.1) is 13.8 Å². The first kappa shape index (κ1) is 20.5. The van der Waals surface area contributed by atoms with Gasteiger partial charge in [-0.3, -0.25) is 4.79 Å². The molecule has 0 saturated heterocycles. The van der Waals surface area contributed by atoms with Crippen molar-refractivity contribution in [1.29, 1.82) is 0 Å². The summed E-state index contributed by atoms with van der Waals surface area (Å²) >= 11 is 0. The fourth-order valence-electron chi connectivity index (χ4n) is 3.34. The standard InChI is InChI=1S/C25H25N3O3/c1-17-9-11-22(12-10-17)30-16-23-19(3)31-27-24(23)25(29)26-18(2)20-7-6-8-21(15-20)28-13-4-5-14-28/h4-15,18H,16H2,1-3H3,(H,26,29). The van der Waals surface area contributed by atoms with Gasteiger partial charge in [0.15, 0.2) is 5.69 Å². The summed E-state index contributed by atoms with van der Waals surface area (Å²) in [6.45, 7) is 5.95. The minimum Gasteiger partial charge on any atom is -0.489 e. The molecule has 6 nitrogen and oxygen atoms in total. The summed E-state index contributed by atoms with van der Waals surface area (Å²) in [6, 6.07) is 19.6. The Morgan fingerprint density at radius 1 is 1.10 bits per heavy atom. The van der Waals surface area contributed by atoms with Crippen LogP contribution >= 0.6 is 0 Å². The molecule has 31 heavy (non-hydrogen) atoms. The third-order valence-corrected chi connectivity index (χ3v) is 5.22. The van der Waals surface area contributed by atoms with Crippen LogP contribution in [0.5, 0.6) is 5.75 Å². The van der Waals surface area contributed by atoms with Crippen molar-refractivity contribution in [3.05, 3.63) is 101 Å². The van der Waals surface area contributed by atoms with Crippen LogP contribution in [0.3, 0.4) is 0 Å². The Balaban J connectivity index is 1.46. The molecule has 1 unspecified atom stereocenters. The summed E-state index contributed by atoms with van der Waals surface area (Å²) in [5.41, 5.74) is 4.08. The van der Waals surface area contributed by atoms with Crippen molar-refractivity contribution in [1.82, 2.24) is 15.0 Å². The largest absolute Gasteiger partial charge is 0.489 e. The van der Waals surface area contributed by atoms with Gasteiger partial charge in [0.2, 0.25) is 0 Å². The van der Waals surface area contributed by atoms with Crippen LogP contribution in [0.25, 0.3) is 5.69 Å². The van der Waals surface area contributed by atoms with Crippen molar-refractivity contribution in [3.63, 3.8) is 0 Å². The number of nitrogens with one attached hydrogen (secondary N) is 1. The first-order valence-corrected chi connectivity index (χ1v) is 10.2. The zero-order valence-electron chi connectivity index (χ0n) is 17.8. The van der Waals surface area contributed by atoms with Gasteiger partial charge in [0, 0.05) is 18.1 Å². The van der Waals surface area contributed by atoms with E-state index in [1.54, 1.807) is 6.92 Å². The number of carbonyl (C=O) groups is 1. The molecule has 0 aliphatic rings. The maximum absolute atomic E-state index is 12.9. The molecule has 2 heterocycles. The van der Waals surface area contributed by atoms with E-state index in [9.17, 15) is 4.79 Å². The van der Waals surface area contributed by atoms with Crippen LogP contribution in [0.4, 0.5) is 0 Å². The van der Waals surface area contributed by atoms with Crippen LogP contribution in [0.15, 0.2) is 77.6 Å². The topological polar surface area (TPSA) is 69.3 Å². The van der Waals surface area contributed by atoms with Crippen molar-refractivity contribution in [2.75, 3.05) is 0 Å². The van der Waals surface area contributed by atoms with E-state index in [0.29, 0.717) is 11.3 Å². The smallest absolute Gasteiger partial charge is 0.274 e. The summed E-state index contributed by atoms with van der Waals surface area (Å²) in [7, 11) is 0. The van der Waals surface area contributed by atoms with Crippen molar-refractivity contribution < 1.29 is 14.1 Å². The van der Waals surface area contributed by atoms with Crippen LogP contribution < -0.4 is 10.1 Å².